The van der Waals surface area contributed by atoms with E-state index in [0.29, 0.717) is 25.2 Å². The average molecular weight is 287 g/mol. The number of benzene rings is 1. The molecular weight excluding hydrogens is 275 g/mol. The molecule has 1 fully saturated rings. The largest absolute Gasteiger partial charge is 0.350 e. The molecule has 0 unspecified atom stereocenters. The molecule has 1 heterocycles. The van der Waals surface area contributed by atoms with Gasteiger partial charge in [0.05, 0.1) is 13.2 Å². The maximum absolute atomic E-state index is 13.4. The Hall–Kier alpha value is -0.710. The molecule has 1 aliphatic rings. The molecule has 1 aliphatic heterocycles. The van der Waals surface area contributed by atoms with E-state index in [1.54, 1.807) is 12.1 Å². The van der Waals surface area contributed by atoms with E-state index < -0.39 is 0 Å². The van der Waals surface area contributed by atoms with Gasteiger partial charge in [0.25, 0.3) is 0 Å². The zero-order valence-corrected chi connectivity index (χ0v) is 10.2. The molecule has 0 radical (unpaired) electrons. The number of hydrogen-bond donors (Lipinski definition) is 0. The maximum atomic E-state index is 13.4. The third-order valence-corrected chi connectivity index (χ3v) is 2.77. The second kappa shape index (κ2) is 5.57. The lowest BCUT2D eigenvalue weighted by molar-refractivity contribution is -0.0379. The standard InChI is InChI=1S/C12H12BrFO2/c13-10-5-4-9(11(14)8-10)2-1-3-12-15-6-7-16-12/h1-2,4-5,8,12H,3,6-7H2/b2-1+. The van der Waals surface area contributed by atoms with Gasteiger partial charge in [-0.15, -0.1) is 0 Å². The first-order valence-electron chi connectivity index (χ1n) is 5.10. The molecule has 0 spiro atoms. The van der Waals surface area contributed by atoms with Crippen LogP contribution in [0.2, 0.25) is 0 Å². The van der Waals surface area contributed by atoms with E-state index in [-0.39, 0.29) is 12.1 Å². The summed E-state index contributed by atoms with van der Waals surface area (Å²) in [6.45, 7) is 1.29. The Morgan fingerprint density at radius 1 is 1.38 bits per heavy atom. The van der Waals surface area contributed by atoms with Gasteiger partial charge < -0.3 is 9.47 Å². The fraction of sp³-hybridized carbons (Fsp3) is 0.333. The fourth-order valence-corrected chi connectivity index (χ4v) is 1.82. The molecule has 1 aromatic rings. The quantitative estimate of drug-likeness (QED) is 0.848. The Morgan fingerprint density at radius 3 is 2.81 bits per heavy atom. The summed E-state index contributed by atoms with van der Waals surface area (Å²) in [6.07, 6.45) is 4.08. The molecule has 1 aromatic carbocycles. The van der Waals surface area contributed by atoms with Gasteiger partial charge in [-0.2, -0.15) is 0 Å². The molecule has 0 aromatic heterocycles. The lowest BCUT2D eigenvalue weighted by atomic mass is 10.2. The first-order valence-corrected chi connectivity index (χ1v) is 5.90. The smallest absolute Gasteiger partial charge is 0.161 e. The van der Waals surface area contributed by atoms with Gasteiger partial charge in [-0.25, -0.2) is 4.39 Å². The number of hydrogen-bond acceptors (Lipinski definition) is 2. The molecule has 4 heteroatoms. The van der Waals surface area contributed by atoms with Crippen molar-refractivity contribution in [3.05, 3.63) is 40.1 Å². The summed E-state index contributed by atoms with van der Waals surface area (Å²) in [5.74, 6) is -0.237. The molecule has 0 amide bonds. The Morgan fingerprint density at radius 2 is 2.12 bits per heavy atom. The first-order chi connectivity index (χ1) is 7.75. The highest BCUT2D eigenvalue weighted by atomic mass is 79.9. The van der Waals surface area contributed by atoms with Gasteiger partial charge in [-0.3, -0.25) is 0 Å². The highest BCUT2D eigenvalue weighted by Gasteiger charge is 2.13. The van der Waals surface area contributed by atoms with E-state index >= 15 is 0 Å². The van der Waals surface area contributed by atoms with Crippen molar-refractivity contribution in [2.75, 3.05) is 13.2 Å². The predicted octanol–water partition coefficient (Wildman–Crippen LogP) is 3.36. The molecule has 0 bridgehead atoms. The second-order valence-corrected chi connectivity index (χ2v) is 4.39. The molecule has 2 nitrogen and oxygen atoms in total. The van der Waals surface area contributed by atoms with Crippen molar-refractivity contribution < 1.29 is 13.9 Å². The molecule has 0 aliphatic carbocycles. The number of rotatable bonds is 3. The highest BCUT2D eigenvalue weighted by Crippen LogP contribution is 2.17. The summed E-state index contributed by atoms with van der Waals surface area (Å²) in [5.41, 5.74) is 0.571. The lowest BCUT2D eigenvalue weighted by Crippen LogP contribution is -2.04. The number of ether oxygens (including phenoxy) is 2. The summed E-state index contributed by atoms with van der Waals surface area (Å²) in [4.78, 5) is 0. The second-order valence-electron chi connectivity index (χ2n) is 3.48. The van der Waals surface area contributed by atoms with Crippen molar-refractivity contribution in [1.29, 1.82) is 0 Å². The predicted molar refractivity (Wildman–Crippen MR) is 63.4 cm³/mol. The topological polar surface area (TPSA) is 18.5 Å². The molecule has 0 atom stereocenters. The monoisotopic (exact) mass is 286 g/mol. The Labute approximate surface area is 102 Å². The highest BCUT2D eigenvalue weighted by molar-refractivity contribution is 9.10. The van der Waals surface area contributed by atoms with Crippen LogP contribution < -0.4 is 0 Å². The number of halogens is 2. The van der Waals surface area contributed by atoms with E-state index in [1.807, 2.05) is 12.1 Å². The van der Waals surface area contributed by atoms with E-state index in [2.05, 4.69) is 15.9 Å². The van der Waals surface area contributed by atoms with E-state index in [4.69, 9.17) is 9.47 Å². The Balaban J connectivity index is 1.94. The van der Waals surface area contributed by atoms with Gasteiger partial charge in [-0.1, -0.05) is 34.1 Å². The normalized spacial score (nSPS) is 17.4. The Kier molecular flexibility index (Phi) is 4.09. The SMILES string of the molecule is Fc1cc(Br)ccc1/C=C/CC1OCCO1. The van der Waals surface area contributed by atoms with Crippen LogP contribution in [0.1, 0.15) is 12.0 Å². The zero-order valence-electron chi connectivity index (χ0n) is 8.66. The van der Waals surface area contributed by atoms with Crippen LogP contribution in [0.4, 0.5) is 4.39 Å². The van der Waals surface area contributed by atoms with Crippen molar-refractivity contribution >= 4 is 22.0 Å². The molecule has 2 rings (SSSR count). The minimum absolute atomic E-state index is 0.172. The van der Waals surface area contributed by atoms with Gasteiger partial charge in [0.15, 0.2) is 6.29 Å². The van der Waals surface area contributed by atoms with Gasteiger partial charge >= 0.3 is 0 Å². The van der Waals surface area contributed by atoms with Gasteiger partial charge in [-0.05, 0) is 12.1 Å². The van der Waals surface area contributed by atoms with Crippen molar-refractivity contribution in [1.82, 2.24) is 0 Å². The minimum atomic E-state index is -0.237. The molecular formula is C12H12BrFO2. The summed E-state index contributed by atoms with van der Waals surface area (Å²) in [7, 11) is 0. The third kappa shape index (κ3) is 3.14. The zero-order chi connectivity index (χ0) is 11.4. The van der Waals surface area contributed by atoms with Crippen LogP contribution in [0.15, 0.2) is 28.7 Å². The van der Waals surface area contributed by atoms with Crippen LogP contribution >= 0.6 is 15.9 Å². The summed E-state index contributed by atoms with van der Waals surface area (Å²) >= 11 is 3.21. The Bertz CT molecular complexity index is 387. The molecule has 86 valence electrons. The third-order valence-electron chi connectivity index (χ3n) is 2.28. The van der Waals surface area contributed by atoms with Crippen LogP contribution in [-0.4, -0.2) is 19.5 Å². The van der Waals surface area contributed by atoms with Gasteiger partial charge in [0, 0.05) is 16.5 Å². The fourth-order valence-electron chi connectivity index (χ4n) is 1.49. The van der Waals surface area contributed by atoms with Crippen LogP contribution in [0.3, 0.4) is 0 Å². The van der Waals surface area contributed by atoms with E-state index in [0.717, 1.165) is 4.47 Å². The minimum Gasteiger partial charge on any atom is -0.350 e. The van der Waals surface area contributed by atoms with Crippen molar-refractivity contribution in [2.45, 2.75) is 12.7 Å². The van der Waals surface area contributed by atoms with Crippen LogP contribution in [-0.2, 0) is 9.47 Å². The maximum Gasteiger partial charge on any atom is 0.161 e. The molecule has 1 saturated heterocycles. The van der Waals surface area contributed by atoms with Crippen LogP contribution in [0.5, 0.6) is 0 Å². The summed E-state index contributed by atoms with van der Waals surface area (Å²) in [5, 5.41) is 0. The lowest BCUT2D eigenvalue weighted by Gasteiger charge is -2.04. The van der Waals surface area contributed by atoms with Crippen molar-refractivity contribution in [3.8, 4) is 0 Å². The van der Waals surface area contributed by atoms with E-state index in [9.17, 15) is 4.39 Å². The first kappa shape index (κ1) is 11.8. The summed E-state index contributed by atoms with van der Waals surface area (Å²) < 4.78 is 24.7. The van der Waals surface area contributed by atoms with Gasteiger partial charge in [0.2, 0.25) is 0 Å². The van der Waals surface area contributed by atoms with Crippen LogP contribution in [0, 0.1) is 5.82 Å². The average Bonchev–Trinajstić information content (AvgIpc) is 2.74. The van der Waals surface area contributed by atoms with Crippen molar-refractivity contribution in [3.63, 3.8) is 0 Å². The summed E-state index contributed by atoms with van der Waals surface area (Å²) in [6, 6.07) is 4.99. The van der Waals surface area contributed by atoms with Crippen LogP contribution in [0.25, 0.3) is 6.08 Å². The van der Waals surface area contributed by atoms with Crippen molar-refractivity contribution in [2.24, 2.45) is 0 Å². The molecule has 0 N–H and O–H groups in total. The van der Waals surface area contributed by atoms with E-state index in [1.165, 1.54) is 6.07 Å². The molecule has 0 saturated carbocycles. The van der Waals surface area contributed by atoms with Gasteiger partial charge in [0.1, 0.15) is 5.82 Å². The molecule has 16 heavy (non-hydrogen) atoms.